The first-order valence-corrected chi connectivity index (χ1v) is 6.07. The fourth-order valence-corrected chi connectivity index (χ4v) is 1.87. The summed E-state index contributed by atoms with van der Waals surface area (Å²) in [7, 11) is 0. The highest BCUT2D eigenvalue weighted by Crippen LogP contribution is 2.10. The summed E-state index contributed by atoms with van der Waals surface area (Å²) >= 11 is 0. The van der Waals surface area contributed by atoms with Crippen LogP contribution in [0.5, 0.6) is 0 Å². The van der Waals surface area contributed by atoms with E-state index in [-0.39, 0.29) is 0 Å². The molecule has 3 heteroatoms. The maximum Gasteiger partial charge on any atom is 0.0662 e. The van der Waals surface area contributed by atoms with Gasteiger partial charge in [-0.1, -0.05) is 31.2 Å². The molecule has 0 aliphatic rings. The Hall–Kier alpha value is -1.61. The molecular formula is C14H19N3. The molecule has 1 heterocycles. The van der Waals surface area contributed by atoms with Crippen molar-refractivity contribution in [3.8, 4) is 0 Å². The van der Waals surface area contributed by atoms with Crippen LogP contribution in [-0.4, -0.2) is 16.3 Å². The van der Waals surface area contributed by atoms with Gasteiger partial charge in [-0.2, -0.15) is 5.10 Å². The van der Waals surface area contributed by atoms with Crippen LogP contribution in [-0.2, 0) is 13.1 Å². The van der Waals surface area contributed by atoms with Crippen molar-refractivity contribution < 1.29 is 0 Å². The van der Waals surface area contributed by atoms with Crippen molar-refractivity contribution in [2.24, 2.45) is 0 Å². The predicted octanol–water partition coefficient (Wildman–Crippen LogP) is 2.35. The van der Waals surface area contributed by atoms with E-state index in [1.807, 2.05) is 23.9 Å². The van der Waals surface area contributed by atoms with Crippen LogP contribution in [0.2, 0.25) is 0 Å². The number of hydrogen-bond donors (Lipinski definition) is 1. The van der Waals surface area contributed by atoms with Crippen molar-refractivity contribution >= 4 is 0 Å². The van der Waals surface area contributed by atoms with E-state index in [0.717, 1.165) is 25.3 Å². The van der Waals surface area contributed by atoms with Gasteiger partial charge in [-0.3, -0.25) is 4.68 Å². The average molecular weight is 229 g/mol. The summed E-state index contributed by atoms with van der Waals surface area (Å²) in [6, 6.07) is 10.6. The minimum absolute atomic E-state index is 0.843. The molecular weight excluding hydrogens is 210 g/mol. The highest BCUT2D eigenvalue weighted by Gasteiger charge is 2.02. The summed E-state index contributed by atoms with van der Waals surface area (Å²) in [4.78, 5) is 0. The molecule has 0 spiro atoms. The molecule has 90 valence electrons. The third-order valence-corrected chi connectivity index (χ3v) is 2.79. The highest BCUT2D eigenvalue weighted by atomic mass is 15.3. The second-order valence-corrected chi connectivity index (χ2v) is 4.20. The second-order valence-electron chi connectivity index (χ2n) is 4.20. The molecule has 0 saturated carbocycles. The lowest BCUT2D eigenvalue weighted by molar-refractivity contribution is 0.661. The molecule has 0 aliphatic carbocycles. The van der Waals surface area contributed by atoms with Crippen molar-refractivity contribution in [2.45, 2.75) is 26.9 Å². The lowest BCUT2D eigenvalue weighted by atomic mass is 10.1. The Balaban J connectivity index is 2.14. The topological polar surface area (TPSA) is 29.9 Å². The number of aryl methyl sites for hydroxylation is 1. The molecule has 17 heavy (non-hydrogen) atoms. The summed E-state index contributed by atoms with van der Waals surface area (Å²) in [6.07, 6.45) is 2.03. The van der Waals surface area contributed by atoms with E-state index in [1.165, 1.54) is 11.1 Å². The van der Waals surface area contributed by atoms with Gasteiger partial charge in [0.2, 0.25) is 0 Å². The molecule has 1 aromatic carbocycles. The molecule has 0 saturated heterocycles. The van der Waals surface area contributed by atoms with Crippen molar-refractivity contribution in [3.63, 3.8) is 0 Å². The van der Waals surface area contributed by atoms with Gasteiger partial charge in [0.15, 0.2) is 0 Å². The molecule has 0 aliphatic heterocycles. The first-order chi connectivity index (χ1) is 8.29. The SMILES string of the molecule is CCNCc1ccccc1Cn1ccc(C)n1. The Morgan fingerprint density at radius 3 is 2.59 bits per heavy atom. The van der Waals surface area contributed by atoms with Gasteiger partial charge in [-0.25, -0.2) is 0 Å². The molecule has 0 bridgehead atoms. The van der Waals surface area contributed by atoms with Crippen LogP contribution in [0.25, 0.3) is 0 Å². The molecule has 1 N–H and O–H groups in total. The zero-order valence-electron chi connectivity index (χ0n) is 10.5. The smallest absolute Gasteiger partial charge is 0.0662 e. The van der Waals surface area contributed by atoms with E-state index < -0.39 is 0 Å². The molecule has 0 unspecified atom stereocenters. The van der Waals surface area contributed by atoms with Gasteiger partial charge in [-0.05, 0) is 30.7 Å². The summed E-state index contributed by atoms with van der Waals surface area (Å²) in [5.74, 6) is 0. The van der Waals surface area contributed by atoms with Crippen molar-refractivity contribution in [2.75, 3.05) is 6.54 Å². The number of rotatable bonds is 5. The van der Waals surface area contributed by atoms with Crippen LogP contribution >= 0.6 is 0 Å². The van der Waals surface area contributed by atoms with Crippen molar-refractivity contribution in [1.29, 1.82) is 0 Å². The Labute approximate surface area is 102 Å². The average Bonchev–Trinajstić information content (AvgIpc) is 2.74. The Bertz CT molecular complexity index is 474. The lowest BCUT2D eigenvalue weighted by Crippen LogP contribution is -2.14. The maximum absolute atomic E-state index is 4.42. The maximum atomic E-state index is 4.42. The number of nitrogens with zero attached hydrogens (tertiary/aromatic N) is 2. The third-order valence-electron chi connectivity index (χ3n) is 2.79. The summed E-state index contributed by atoms with van der Waals surface area (Å²) in [6.45, 7) is 6.90. The first kappa shape index (κ1) is 11.9. The normalized spacial score (nSPS) is 10.7. The zero-order valence-corrected chi connectivity index (χ0v) is 10.5. The molecule has 0 radical (unpaired) electrons. The van der Waals surface area contributed by atoms with Crippen molar-refractivity contribution in [3.05, 3.63) is 53.3 Å². The largest absolute Gasteiger partial charge is 0.313 e. The van der Waals surface area contributed by atoms with E-state index in [4.69, 9.17) is 0 Å². The van der Waals surface area contributed by atoms with Crippen LogP contribution < -0.4 is 5.32 Å². The monoisotopic (exact) mass is 229 g/mol. The predicted molar refractivity (Wildman–Crippen MR) is 69.9 cm³/mol. The van der Waals surface area contributed by atoms with Gasteiger partial charge in [-0.15, -0.1) is 0 Å². The van der Waals surface area contributed by atoms with Gasteiger partial charge in [0.05, 0.1) is 12.2 Å². The van der Waals surface area contributed by atoms with Gasteiger partial charge < -0.3 is 5.32 Å². The van der Waals surface area contributed by atoms with Crippen LogP contribution in [0.4, 0.5) is 0 Å². The third kappa shape index (κ3) is 3.17. The summed E-state index contributed by atoms with van der Waals surface area (Å²) in [5.41, 5.74) is 3.74. The summed E-state index contributed by atoms with van der Waals surface area (Å²) in [5, 5.41) is 7.79. The molecule has 0 atom stereocenters. The first-order valence-electron chi connectivity index (χ1n) is 6.07. The molecule has 2 rings (SSSR count). The van der Waals surface area contributed by atoms with Crippen molar-refractivity contribution in [1.82, 2.24) is 15.1 Å². The molecule has 3 nitrogen and oxygen atoms in total. The van der Waals surface area contributed by atoms with Crippen LogP contribution in [0, 0.1) is 6.92 Å². The number of benzene rings is 1. The zero-order chi connectivity index (χ0) is 12.1. The van der Waals surface area contributed by atoms with Crippen LogP contribution in [0.3, 0.4) is 0 Å². The molecule has 0 fully saturated rings. The molecule has 1 aromatic heterocycles. The van der Waals surface area contributed by atoms with Gasteiger partial charge >= 0.3 is 0 Å². The lowest BCUT2D eigenvalue weighted by Gasteiger charge is -2.09. The second kappa shape index (κ2) is 5.64. The van der Waals surface area contributed by atoms with Crippen LogP contribution in [0.15, 0.2) is 36.5 Å². The Kier molecular flexibility index (Phi) is 3.94. The van der Waals surface area contributed by atoms with Gasteiger partial charge in [0, 0.05) is 12.7 Å². The van der Waals surface area contributed by atoms with Gasteiger partial charge in [0.25, 0.3) is 0 Å². The fraction of sp³-hybridized carbons (Fsp3) is 0.357. The van der Waals surface area contributed by atoms with Crippen LogP contribution in [0.1, 0.15) is 23.7 Å². The number of aromatic nitrogens is 2. The minimum atomic E-state index is 0.843. The number of hydrogen-bond acceptors (Lipinski definition) is 2. The standard InChI is InChI=1S/C14H19N3/c1-3-15-10-13-6-4-5-7-14(13)11-17-9-8-12(2)16-17/h4-9,15H,3,10-11H2,1-2H3. The minimum Gasteiger partial charge on any atom is -0.313 e. The van der Waals surface area contributed by atoms with Gasteiger partial charge in [0.1, 0.15) is 0 Å². The highest BCUT2D eigenvalue weighted by molar-refractivity contribution is 5.27. The van der Waals surface area contributed by atoms with E-state index in [9.17, 15) is 0 Å². The van der Waals surface area contributed by atoms with E-state index in [0.29, 0.717) is 0 Å². The fourth-order valence-electron chi connectivity index (χ4n) is 1.87. The Morgan fingerprint density at radius 1 is 1.18 bits per heavy atom. The van der Waals surface area contributed by atoms with E-state index >= 15 is 0 Å². The number of nitrogens with one attached hydrogen (secondary N) is 1. The van der Waals surface area contributed by atoms with E-state index in [2.05, 4.69) is 41.6 Å². The summed E-state index contributed by atoms with van der Waals surface area (Å²) < 4.78 is 1.99. The Morgan fingerprint density at radius 2 is 1.94 bits per heavy atom. The molecule has 2 aromatic rings. The van der Waals surface area contributed by atoms with E-state index in [1.54, 1.807) is 0 Å². The molecule has 0 amide bonds. The quantitative estimate of drug-likeness (QED) is 0.853.